The van der Waals surface area contributed by atoms with E-state index < -0.39 is 11.9 Å². The molecule has 112 valence electrons. The highest BCUT2D eigenvalue weighted by molar-refractivity contribution is 5.86. The maximum atomic E-state index is 12.4. The number of hydrogen-bond donors (Lipinski definition) is 1. The van der Waals surface area contributed by atoms with Crippen molar-refractivity contribution in [1.82, 2.24) is 4.90 Å². The van der Waals surface area contributed by atoms with E-state index in [1.165, 1.54) is 12.8 Å². The van der Waals surface area contributed by atoms with Gasteiger partial charge in [-0.1, -0.05) is 0 Å². The molecule has 1 saturated heterocycles. The average molecular weight is 281 g/mol. The van der Waals surface area contributed by atoms with Crippen molar-refractivity contribution in [2.45, 2.75) is 44.6 Å². The fourth-order valence-corrected chi connectivity index (χ4v) is 3.16. The van der Waals surface area contributed by atoms with Crippen molar-refractivity contribution in [2.24, 2.45) is 17.8 Å². The van der Waals surface area contributed by atoms with Gasteiger partial charge in [-0.05, 0) is 44.4 Å². The van der Waals surface area contributed by atoms with Crippen molar-refractivity contribution >= 4 is 11.9 Å². The van der Waals surface area contributed by atoms with Gasteiger partial charge in [0.05, 0.1) is 17.9 Å². The number of ether oxygens (including phenoxy) is 1. The number of carbonyl (C=O) groups is 2. The Morgan fingerprint density at radius 3 is 2.45 bits per heavy atom. The molecule has 0 bridgehead atoms. The van der Waals surface area contributed by atoms with E-state index in [1.54, 1.807) is 0 Å². The molecule has 1 amide bonds. The number of likely N-dealkylation sites (tertiary alicyclic amines) is 1. The standard InChI is InChI=1S/C15H23NO4/c17-14(12-5-6-13(12)15(18)19)16-7-1-2-11(8-16)20-9-10-3-4-10/h10-13H,1-9H2,(H,18,19). The third-order valence-corrected chi connectivity index (χ3v) is 4.86. The van der Waals surface area contributed by atoms with E-state index in [2.05, 4.69) is 0 Å². The quantitative estimate of drug-likeness (QED) is 0.829. The van der Waals surface area contributed by atoms with Crippen molar-refractivity contribution in [1.29, 1.82) is 0 Å². The lowest BCUT2D eigenvalue weighted by molar-refractivity contribution is -0.158. The van der Waals surface area contributed by atoms with E-state index in [0.717, 1.165) is 38.3 Å². The summed E-state index contributed by atoms with van der Waals surface area (Å²) in [5, 5.41) is 9.06. The van der Waals surface area contributed by atoms with Crippen molar-refractivity contribution in [2.75, 3.05) is 19.7 Å². The Balaban J connectivity index is 1.50. The lowest BCUT2D eigenvalue weighted by Gasteiger charge is -2.39. The topological polar surface area (TPSA) is 66.8 Å². The fraction of sp³-hybridized carbons (Fsp3) is 0.867. The van der Waals surface area contributed by atoms with E-state index >= 15 is 0 Å². The summed E-state index contributed by atoms with van der Waals surface area (Å²) in [5.74, 6) is -0.814. The smallest absolute Gasteiger partial charge is 0.307 e. The Hall–Kier alpha value is -1.10. The molecular formula is C15H23NO4. The number of carboxylic acids is 1. The summed E-state index contributed by atoms with van der Waals surface area (Å²) in [6, 6.07) is 0. The molecule has 5 heteroatoms. The maximum absolute atomic E-state index is 12.4. The second kappa shape index (κ2) is 5.72. The molecule has 0 aromatic rings. The lowest BCUT2D eigenvalue weighted by Crippen LogP contribution is -2.50. The molecule has 1 aliphatic heterocycles. The molecule has 3 fully saturated rings. The summed E-state index contributed by atoms with van der Waals surface area (Å²) >= 11 is 0. The molecule has 3 unspecified atom stereocenters. The van der Waals surface area contributed by atoms with Gasteiger partial charge in [0, 0.05) is 19.7 Å². The Morgan fingerprint density at radius 1 is 1.10 bits per heavy atom. The van der Waals surface area contributed by atoms with Crippen LogP contribution in [0.2, 0.25) is 0 Å². The largest absolute Gasteiger partial charge is 0.481 e. The van der Waals surface area contributed by atoms with Gasteiger partial charge in [0.25, 0.3) is 0 Å². The molecule has 1 N–H and O–H groups in total. The van der Waals surface area contributed by atoms with Crippen LogP contribution in [0.4, 0.5) is 0 Å². The third kappa shape index (κ3) is 2.97. The van der Waals surface area contributed by atoms with E-state index in [0.29, 0.717) is 13.0 Å². The SMILES string of the molecule is O=C(O)C1CCC1C(=O)N1CCCC(OCC2CC2)C1. The Kier molecular flexibility index (Phi) is 3.96. The molecule has 0 radical (unpaired) electrons. The van der Waals surface area contributed by atoms with Crippen LogP contribution < -0.4 is 0 Å². The van der Waals surface area contributed by atoms with E-state index in [9.17, 15) is 9.59 Å². The highest BCUT2D eigenvalue weighted by Gasteiger charge is 2.43. The summed E-state index contributed by atoms with van der Waals surface area (Å²) in [7, 11) is 0. The van der Waals surface area contributed by atoms with E-state index in [1.807, 2.05) is 4.90 Å². The van der Waals surface area contributed by atoms with Crippen LogP contribution in [0, 0.1) is 17.8 Å². The molecule has 3 atom stereocenters. The minimum absolute atomic E-state index is 0.0309. The van der Waals surface area contributed by atoms with Gasteiger partial charge in [0.15, 0.2) is 0 Å². The number of nitrogens with zero attached hydrogens (tertiary/aromatic N) is 1. The normalized spacial score (nSPS) is 33.6. The van der Waals surface area contributed by atoms with Gasteiger partial charge in [-0.3, -0.25) is 9.59 Å². The number of piperidine rings is 1. The summed E-state index contributed by atoms with van der Waals surface area (Å²) in [6.07, 6.45) is 6.04. The predicted octanol–water partition coefficient (Wildman–Crippen LogP) is 1.51. The molecular weight excluding hydrogens is 258 g/mol. The minimum atomic E-state index is -0.826. The van der Waals surface area contributed by atoms with Gasteiger partial charge in [-0.2, -0.15) is 0 Å². The first kappa shape index (κ1) is 13.9. The van der Waals surface area contributed by atoms with Crippen LogP contribution in [0.3, 0.4) is 0 Å². The molecule has 2 saturated carbocycles. The van der Waals surface area contributed by atoms with Gasteiger partial charge < -0.3 is 14.7 Å². The van der Waals surface area contributed by atoms with Crippen molar-refractivity contribution < 1.29 is 19.4 Å². The van der Waals surface area contributed by atoms with Crippen molar-refractivity contribution in [3.63, 3.8) is 0 Å². The number of carbonyl (C=O) groups excluding carboxylic acids is 1. The summed E-state index contributed by atoms with van der Waals surface area (Å²) < 4.78 is 5.88. The minimum Gasteiger partial charge on any atom is -0.481 e. The average Bonchev–Trinajstić information content (AvgIpc) is 3.18. The van der Waals surface area contributed by atoms with Gasteiger partial charge in [-0.15, -0.1) is 0 Å². The van der Waals surface area contributed by atoms with Crippen LogP contribution in [0.15, 0.2) is 0 Å². The number of amides is 1. The lowest BCUT2D eigenvalue weighted by atomic mass is 9.72. The van der Waals surface area contributed by atoms with Crippen LogP contribution in [0.25, 0.3) is 0 Å². The summed E-state index contributed by atoms with van der Waals surface area (Å²) in [6.45, 7) is 2.23. The zero-order chi connectivity index (χ0) is 14.1. The summed E-state index contributed by atoms with van der Waals surface area (Å²) in [4.78, 5) is 25.3. The Labute approximate surface area is 119 Å². The molecule has 0 aromatic heterocycles. The molecule has 3 aliphatic rings. The number of rotatable bonds is 5. The van der Waals surface area contributed by atoms with Crippen molar-refractivity contribution in [3.05, 3.63) is 0 Å². The Morgan fingerprint density at radius 2 is 1.85 bits per heavy atom. The van der Waals surface area contributed by atoms with Gasteiger partial charge in [0.1, 0.15) is 0 Å². The third-order valence-electron chi connectivity index (χ3n) is 4.86. The molecule has 5 nitrogen and oxygen atoms in total. The molecule has 2 aliphatic carbocycles. The van der Waals surface area contributed by atoms with E-state index in [4.69, 9.17) is 9.84 Å². The molecule has 1 heterocycles. The van der Waals surface area contributed by atoms with E-state index in [-0.39, 0.29) is 17.9 Å². The fourth-order valence-electron chi connectivity index (χ4n) is 3.16. The highest BCUT2D eigenvalue weighted by atomic mass is 16.5. The van der Waals surface area contributed by atoms with Crippen LogP contribution in [-0.4, -0.2) is 47.7 Å². The second-order valence-electron chi connectivity index (χ2n) is 6.45. The highest BCUT2D eigenvalue weighted by Crippen LogP contribution is 2.36. The summed E-state index contributed by atoms with van der Waals surface area (Å²) in [5.41, 5.74) is 0. The second-order valence-corrected chi connectivity index (χ2v) is 6.45. The van der Waals surface area contributed by atoms with Crippen LogP contribution in [-0.2, 0) is 14.3 Å². The first-order valence-corrected chi connectivity index (χ1v) is 7.78. The van der Waals surface area contributed by atoms with Gasteiger partial charge in [0.2, 0.25) is 5.91 Å². The molecule has 0 spiro atoms. The van der Waals surface area contributed by atoms with Crippen LogP contribution in [0.1, 0.15) is 38.5 Å². The predicted molar refractivity (Wildman–Crippen MR) is 72.1 cm³/mol. The number of carboxylic acid groups (broad SMARTS) is 1. The Bertz CT molecular complexity index is 393. The maximum Gasteiger partial charge on any atom is 0.307 e. The molecule has 3 rings (SSSR count). The monoisotopic (exact) mass is 281 g/mol. The van der Waals surface area contributed by atoms with Gasteiger partial charge >= 0.3 is 5.97 Å². The zero-order valence-electron chi connectivity index (χ0n) is 11.8. The molecule has 20 heavy (non-hydrogen) atoms. The zero-order valence-corrected chi connectivity index (χ0v) is 11.8. The van der Waals surface area contributed by atoms with Gasteiger partial charge in [-0.25, -0.2) is 0 Å². The molecule has 0 aromatic carbocycles. The van der Waals surface area contributed by atoms with Crippen molar-refractivity contribution in [3.8, 4) is 0 Å². The first-order valence-electron chi connectivity index (χ1n) is 7.78. The first-order chi connectivity index (χ1) is 9.65. The van der Waals surface area contributed by atoms with Crippen LogP contribution >= 0.6 is 0 Å². The number of aliphatic carboxylic acids is 1. The number of hydrogen-bond acceptors (Lipinski definition) is 3. The van der Waals surface area contributed by atoms with Crippen LogP contribution in [0.5, 0.6) is 0 Å².